The summed E-state index contributed by atoms with van der Waals surface area (Å²) in [7, 11) is 0. The normalized spacial score (nSPS) is 10.6. The van der Waals surface area contributed by atoms with Crippen LogP contribution in [0.25, 0.3) is 0 Å². The number of hydrogen-bond acceptors (Lipinski definition) is 2. The molecule has 1 N–H and O–H groups in total. The summed E-state index contributed by atoms with van der Waals surface area (Å²) in [5.74, 6) is 0.823. The SMILES string of the molecule is Cc1ccc(NCc2cc(Cl)ccc2OCc2ccccc2C)cc1Cl. The van der Waals surface area contributed by atoms with Crippen LogP contribution in [0.2, 0.25) is 10.0 Å². The van der Waals surface area contributed by atoms with Crippen LogP contribution in [0.4, 0.5) is 5.69 Å². The van der Waals surface area contributed by atoms with E-state index >= 15 is 0 Å². The Kier molecular flexibility index (Phi) is 6.08. The van der Waals surface area contributed by atoms with Gasteiger partial charge < -0.3 is 10.1 Å². The number of ether oxygens (including phenoxy) is 1. The van der Waals surface area contributed by atoms with Gasteiger partial charge in [0.25, 0.3) is 0 Å². The van der Waals surface area contributed by atoms with E-state index in [0.29, 0.717) is 18.2 Å². The van der Waals surface area contributed by atoms with Crippen molar-refractivity contribution in [1.29, 1.82) is 0 Å². The van der Waals surface area contributed by atoms with Crippen molar-refractivity contribution >= 4 is 28.9 Å². The second kappa shape index (κ2) is 8.48. The van der Waals surface area contributed by atoms with Crippen molar-refractivity contribution in [2.75, 3.05) is 5.32 Å². The number of rotatable bonds is 6. The van der Waals surface area contributed by atoms with Crippen LogP contribution in [0.15, 0.2) is 60.7 Å². The van der Waals surface area contributed by atoms with E-state index in [4.69, 9.17) is 27.9 Å². The number of anilines is 1. The minimum Gasteiger partial charge on any atom is -0.489 e. The van der Waals surface area contributed by atoms with Gasteiger partial charge >= 0.3 is 0 Å². The maximum Gasteiger partial charge on any atom is 0.124 e. The molecular formula is C22H21Cl2NO. The highest BCUT2D eigenvalue weighted by Crippen LogP contribution is 2.26. The molecule has 0 aliphatic rings. The molecule has 3 aromatic carbocycles. The molecule has 3 aromatic rings. The van der Waals surface area contributed by atoms with Crippen LogP contribution >= 0.6 is 23.2 Å². The minimum atomic E-state index is 0.525. The molecule has 0 spiro atoms. The molecule has 0 radical (unpaired) electrons. The van der Waals surface area contributed by atoms with E-state index in [9.17, 15) is 0 Å². The lowest BCUT2D eigenvalue weighted by Gasteiger charge is -2.15. The van der Waals surface area contributed by atoms with E-state index < -0.39 is 0 Å². The number of hydrogen-bond donors (Lipinski definition) is 1. The first-order valence-electron chi connectivity index (χ1n) is 8.48. The molecule has 0 aromatic heterocycles. The van der Waals surface area contributed by atoms with E-state index in [0.717, 1.165) is 27.6 Å². The predicted octanol–water partition coefficient (Wildman–Crippen LogP) is 6.80. The first-order chi connectivity index (χ1) is 12.5. The van der Waals surface area contributed by atoms with Crippen LogP contribution < -0.4 is 10.1 Å². The third-order valence-electron chi connectivity index (χ3n) is 4.32. The molecule has 0 amide bonds. The summed E-state index contributed by atoms with van der Waals surface area (Å²) in [4.78, 5) is 0. The van der Waals surface area contributed by atoms with Gasteiger partial charge in [-0.15, -0.1) is 0 Å². The smallest absolute Gasteiger partial charge is 0.124 e. The predicted molar refractivity (Wildman–Crippen MR) is 110 cm³/mol. The molecule has 0 aliphatic heterocycles. The number of benzene rings is 3. The third-order valence-corrected chi connectivity index (χ3v) is 4.96. The Labute approximate surface area is 164 Å². The molecule has 0 unspecified atom stereocenters. The van der Waals surface area contributed by atoms with Gasteiger partial charge in [0.15, 0.2) is 0 Å². The van der Waals surface area contributed by atoms with Crippen molar-refractivity contribution in [2.24, 2.45) is 0 Å². The van der Waals surface area contributed by atoms with Gasteiger partial charge in [-0.25, -0.2) is 0 Å². The van der Waals surface area contributed by atoms with Gasteiger partial charge in [-0.3, -0.25) is 0 Å². The Hall–Kier alpha value is -2.16. The van der Waals surface area contributed by atoms with E-state index in [1.807, 2.05) is 55.5 Å². The fraction of sp³-hybridized carbons (Fsp3) is 0.182. The average Bonchev–Trinajstić information content (AvgIpc) is 2.63. The summed E-state index contributed by atoms with van der Waals surface area (Å²) in [6, 6.07) is 19.9. The van der Waals surface area contributed by atoms with Gasteiger partial charge in [-0.05, 0) is 60.9 Å². The lowest BCUT2D eigenvalue weighted by atomic mass is 10.1. The number of nitrogens with one attached hydrogen (secondary N) is 1. The van der Waals surface area contributed by atoms with Crippen molar-refractivity contribution in [3.8, 4) is 5.75 Å². The Morgan fingerprint density at radius 3 is 2.42 bits per heavy atom. The molecule has 2 nitrogen and oxygen atoms in total. The minimum absolute atomic E-state index is 0.525. The molecule has 0 atom stereocenters. The zero-order valence-electron chi connectivity index (χ0n) is 14.9. The summed E-state index contributed by atoms with van der Waals surface area (Å²) in [6.07, 6.45) is 0. The van der Waals surface area contributed by atoms with Crippen LogP contribution in [-0.2, 0) is 13.2 Å². The second-order valence-corrected chi connectivity index (χ2v) is 7.13. The van der Waals surface area contributed by atoms with Gasteiger partial charge in [-0.1, -0.05) is 53.5 Å². The molecule has 4 heteroatoms. The molecule has 0 fully saturated rings. The van der Waals surface area contributed by atoms with Crippen LogP contribution in [0, 0.1) is 13.8 Å². The monoisotopic (exact) mass is 385 g/mol. The van der Waals surface area contributed by atoms with Gasteiger partial charge in [0, 0.05) is 27.8 Å². The van der Waals surface area contributed by atoms with Crippen LogP contribution in [0.1, 0.15) is 22.3 Å². The van der Waals surface area contributed by atoms with Crippen LogP contribution in [0.3, 0.4) is 0 Å². The molecular weight excluding hydrogens is 365 g/mol. The first-order valence-corrected chi connectivity index (χ1v) is 9.24. The summed E-state index contributed by atoms with van der Waals surface area (Å²) in [5, 5.41) is 4.82. The highest BCUT2D eigenvalue weighted by atomic mass is 35.5. The van der Waals surface area contributed by atoms with Crippen molar-refractivity contribution in [3.05, 3.63) is 93.0 Å². The zero-order chi connectivity index (χ0) is 18.5. The highest BCUT2D eigenvalue weighted by Gasteiger charge is 2.07. The Morgan fingerprint density at radius 1 is 0.846 bits per heavy atom. The maximum atomic E-state index is 6.20. The molecule has 0 heterocycles. The van der Waals surface area contributed by atoms with E-state index in [2.05, 4.69) is 24.4 Å². The third kappa shape index (κ3) is 4.72. The molecule has 0 bridgehead atoms. The topological polar surface area (TPSA) is 21.3 Å². The van der Waals surface area contributed by atoms with Crippen LogP contribution in [-0.4, -0.2) is 0 Å². The van der Waals surface area contributed by atoms with Crippen LogP contribution in [0.5, 0.6) is 5.75 Å². The van der Waals surface area contributed by atoms with Gasteiger partial charge in [0.05, 0.1) is 0 Å². The summed E-state index contributed by atoms with van der Waals surface area (Å²) >= 11 is 12.4. The maximum absolute atomic E-state index is 6.20. The lowest BCUT2D eigenvalue weighted by Crippen LogP contribution is -2.04. The highest BCUT2D eigenvalue weighted by molar-refractivity contribution is 6.31. The first kappa shape index (κ1) is 18.6. The van der Waals surface area contributed by atoms with E-state index in [1.165, 1.54) is 11.1 Å². The summed E-state index contributed by atoms with van der Waals surface area (Å²) < 4.78 is 6.07. The largest absolute Gasteiger partial charge is 0.489 e. The molecule has 3 rings (SSSR count). The van der Waals surface area contributed by atoms with Crippen molar-refractivity contribution in [1.82, 2.24) is 0 Å². The van der Waals surface area contributed by atoms with Gasteiger partial charge in [0.1, 0.15) is 12.4 Å². The quantitative estimate of drug-likeness (QED) is 0.503. The summed E-state index contributed by atoms with van der Waals surface area (Å²) in [5.41, 5.74) is 5.41. The Morgan fingerprint density at radius 2 is 1.65 bits per heavy atom. The molecule has 0 saturated heterocycles. The number of halogens is 2. The Bertz CT molecular complexity index is 908. The average molecular weight is 386 g/mol. The second-order valence-electron chi connectivity index (χ2n) is 6.28. The lowest BCUT2D eigenvalue weighted by molar-refractivity contribution is 0.302. The molecule has 134 valence electrons. The molecule has 26 heavy (non-hydrogen) atoms. The fourth-order valence-electron chi connectivity index (χ4n) is 2.65. The summed E-state index contributed by atoms with van der Waals surface area (Å²) in [6.45, 7) is 5.20. The van der Waals surface area contributed by atoms with E-state index in [1.54, 1.807) is 0 Å². The standard InChI is InChI=1S/C22H21Cl2NO/c1-15-5-3-4-6-17(15)14-26-22-10-8-19(23)11-18(22)13-25-20-9-7-16(2)21(24)12-20/h3-12,25H,13-14H2,1-2H3. The zero-order valence-corrected chi connectivity index (χ0v) is 16.4. The van der Waals surface area contributed by atoms with Gasteiger partial charge in [0.2, 0.25) is 0 Å². The fourth-order valence-corrected chi connectivity index (χ4v) is 3.03. The van der Waals surface area contributed by atoms with Crippen molar-refractivity contribution in [3.63, 3.8) is 0 Å². The van der Waals surface area contributed by atoms with E-state index in [-0.39, 0.29) is 0 Å². The Balaban J connectivity index is 1.73. The number of aryl methyl sites for hydroxylation is 2. The molecule has 0 aliphatic carbocycles. The van der Waals surface area contributed by atoms with Crippen molar-refractivity contribution < 1.29 is 4.74 Å². The molecule has 0 saturated carbocycles. The van der Waals surface area contributed by atoms with Gasteiger partial charge in [-0.2, -0.15) is 0 Å². The van der Waals surface area contributed by atoms with Crippen molar-refractivity contribution in [2.45, 2.75) is 27.0 Å².